The molecule has 0 radical (unpaired) electrons. The average Bonchev–Trinajstić information content (AvgIpc) is 2.94. The molecule has 0 aliphatic heterocycles. The Kier molecular flexibility index (Phi) is 7.12. The summed E-state index contributed by atoms with van der Waals surface area (Å²) in [5.41, 5.74) is 13.1. The molecule has 188 valence electrons. The second kappa shape index (κ2) is 10.6. The summed E-state index contributed by atoms with van der Waals surface area (Å²) in [6.45, 7) is 4.25. The first-order valence-electron chi connectivity index (χ1n) is 12.0. The molecule has 5 aromatic carbocycles. The Hall–Kier alpha value is -4.22. The van der Waals surface area contributed by atoms with Gasteiger partial charge in [0.2, 0.25) is 0 Å². The molecule has 2 N–H and O–H groups in total. The van der Waals surface area contributed by atoms with Gasteiger partial charge in [0.25, 0.3) is 0 Å². The van der Waals surface area contributed by atoms with E-state index in [0.29, 0.717) is 0 Å². The van der Waals surface area contributed by atoms with Crippen molar-refractivity contribution in [3.8, 4) is 33.4 Å². The van der Waals surface area contributed by atoms with E-state index in [-0.39, 0.29) is 0 Å². The summed E-state index contributed by atoms with van der Waals surface area (Å²) in [4.78, 5) is 1.91. The van der Waals surface area contributed by atoms with Crippen LogP contribution in [0.3, 0.4) is 0 Å². The molecule has 1 nitrogen and oxygen atoms in total. The van der Waals surface area contributed by atoms with Crippen LogP contribution >= 0.6 is 11.8 Å². The molecule has 5 aromatic rings. The van der Waals surface area contributed by atoms with Gasteiger partial charge in [-0.3, -0.25) is 0 Å². The van der Waals surface area contributed by atoms with Crippen LogP contribution in [0.15, 0.2) is 133 Å². The maximum atomic E-state index is 12.8. The molecular formula is C33H24F3NS. The SMILES string of the molecule is C=C(Sc1ccccc1N)c1cccc(-c2ccc(-c3ccc(-c4ccc(C(F)(F)F)cc4)cc3)cc2)c1. The molecule has 0 heterocycles. The number of alkyl halides is 3. The third-order valence-corrected chi connectivity index (χ3v) is 7.39. The third kappa shape index (κ3) is 5.68. The summed E-state index contributed by atoms with van der Waals surface area (Å²) in [6.07, 6.45) is -4.33. The van der Waals surface area contributed by atoms with Gasteiger partial charge < -0.3 is 5.73 Å². The molecule has 0 unspecified atom stereocenters. The lowest BCUT2D eigenvalue weighted by atomic mass is 9.97. The van der Waals surface area contributed by atoms with Gasteiger partial charge in [-0.15, -0.1) is 0 Å². The Labute approximate surface area is 224 Å². The maximum Gasteiger partial charge on any atom is 0.416 e. The van der Waals surface area contributed by atoms with Crippen LogP contribution < -0.4 is 5.73 Å². The molecule has 0 amide bonds. The second-order valence-corrected chi connectivity index (χ2v) is 10.0. The largest absolute Gasteiger partial charge is 0.416 e. The van der Waals surface area contributed by atoms with Gasteiger partial charge in [0.15, 0.2) is 0 Å². The number of thioether (sulfide) groups is 1. The fourth-order valence-corrected chi connectivity index (χ4v) is 5.04. The quantitative estimate of drug-likeness (QED) is 0.177. The van der Waals surface area contributed by atoms with Gasteiger partial charge in [0, 0.05) is 15.5 Å². The minimum Gasteiger partial charge on any atom is -0.398 e. The monoisotopic (exact) mass is 523 g/mol. The molecule has 38 heavy (non-hydrogen) atoms. The maximum absolute atomic E-state index is 12.8. The van der Waals surface area contributed by atoms with Crippen LogP contribution in [0.25, 0.3) is 38.3 Å². The van der Waals surface area contributed by atoms with Crippen molar-refractivity contribution in [3.05, 3.63) is 139 Å². The molecule has 0 bridgehead atoms. The molecule has 0 saturated heterocycles. The smallest absolute Gasteiger partial charge is 0.398 e. The molecule has 5 rings (SSSR count). The highest BCUT2D eigenvalue weighted by Crippen LogP contribution is 2.37. The van der Waals surface area contributed by atoms with Crippen LogP contribution in [0.4, 0.5) is 18.9 Å². The van der Waals surface area contributed by atoms with E-state index in [4.69, 9.17) is 5.73 Å². The average molecular weight is 524 g/mol. The fraction of sp³-hybridized carbons (Fsp3) is 0.0303. The number of benzene rings is 5. The predicted octanol–water partition coefficient (Wildman–Crippen LogP) is 10.1. The van der Waals surface area contributed by atoms with Gasteiger partial charge >= 0.3 is 6.18 Å². The van der Waals surface area contributed by atoms with Crippen molar-refractivity contribution in [2.75, 3.05) is 5.73 Å². The van der Waals surface area contributed by atoms with E-state index in [1.54, 1.807) is 11.8 Å². The van der Waals surface area contributed by atoms with Crippen molar-refractivity contribution in [3.63, 3.8) is 0 Å². The number of hydrogen-bond donors (Lipinski definition) is 1. The number of anilines is 1. The predicted molar refractivity (Wildman–Crippen MR) is 153 cm³/mol. The first-order chi connectivity index (χ1) is 18.3. The number of nitrogen functional groups attached to an aromatic ring is 1. The minimum absolute atomic E-state index is 0.646. The Bertz CT molecular complexity index is 1570. The van der Waals surface area contributed by atoms with Crippen molar-refractivity contribution in [1.82, 2.24) is 0 Å². The van der Waals surface area contributed by atoms with E-state index in [9.17, 15) is 13.2 Å². The van der Waals surface area contributed by atoms with Crippen LogP contribution in [-0.2, 0) is 6.18 Å². The normalized spacial score (nSPS) is 11.3. The molecule has 0 spiro atoms. The van der Waals surface area contributed by atoms with Crippen LogP contribution in [0.1, 0.15) is 11.1 Å². The minimum atomic E-state index is -4.33. The number of para-hydroxylation sites is 1. The highest BCUT2D eigenvalue weighted by molar-refractivity contribution is 8.08. The summed E-state index contributed by atoms with van der Waals surface area (Å²) < 4.78 is 38.5. The lowest BCUT2D eigenvalue weighted by molar-refractivity contribution is -0.137. The Morgan fingerprint density at radius 3 is 1.55 bits per heavy atom. The molecule has 5 heteroatoms. The fourth-order valence-electron chi connectivity index (χ4n) is 4.20. The molecular weight excluding hydrogens is 499 g/mol. The zero-order chi connectivity index (χ0) is 26.7. The van der Waals surface area contributed by atoms with Gasteiger partial charge in [-0.25, -0.2) is 0 Å². The van der Waals surface area contributed by atoms with Crippen LogP contribution in [0.5, 0.6) is 0 Å². The summed E-state index contributed by atoms with van der Waals surface area (Å²) in [7, 11) is 0. The van der Waals surface area contributed by atoms with E-state index in [1.807, 2.05) is 60.7 Å². The number of rotatable bonds is 6. The highest BCUT2D eigenvalue weighted by atomic mass is 32.2. The third-order valence-electron chi connectivity index (χ3n) is 6.32. The standard InChI is InChI=1S/C33H24F3NS/c1-22(38-32-8-3-2-7-31(32)37)28-5-4-6-29(21-28)27-15-13-24(14-16-27)23-9-11-25(12-10-23)26-17-19-30(20-18-26)33(34,35)36/h2-21H,1,37H2. The molecule has 0 aliphatic carbocycles. The zero-order valence-electron chi connectivity index (χ0n) is 20.4. The van der Waals surface area contributed by atoms with Gasteiger partial charge in [-0.2, -0.15) is 13.2 Å². The van der Waals surface area contributed by atoms with Crippen molar-refractivity contribution < 1.29 is 13.2 Å². The van der Waals surface area contributed by atoms with E-state index >= 15 is 0 Å². The summed E-state index contributed by atoms with van der Waals surface area (Å²) in [5.74, 6) is 0. The Morgan fingerprint density at radius 2 is 1.05 bits per heavy atom. The van der Waals surface area contributed by atoms with Gasteiger partial charge in [0.05, 0.1) is 5.56 Å². The van der Waals surface area contributed by atoms with Crippen molar-refractivity contribution in [2.24, 2.45) is 0 Å². The second-order valence-electron chi connectivity index (χ2n) is 8.87. The Balaban J connectivity index is 1.31. The molecule has 0 atom stereocenters. The van der Waals surface area contributed by atoms with Crippen LogP contribution in [-0.4, -0.2) is 0 Å². The number of halogens is 3. The molecule has 0 aromatic heterocycles. The lowest BCUT2D eigenvalue weighted by Gasteiger charge is -2.11. The van der Waals surface area contributed by atoms with Crippen LogP contribution in [0, 0.1) is 0 Å². The molecule has 0 aliphatic rings. The van der Waals surface area contributed by atoms with Gasteiger partial charge in [-0.1, -0.05) is 109 Å². The summed E-state index contributed by atoms with van der Waals surface area (Å²) in [6, 6.07) is 37.4. The summed E-state index contributed by atoms with van der Waals surface area (Å²) >= 11 is 1.56. The van der Waals surface area contributed by atoms with E-state index in [0.717, 1.165) is 66.6 Å². The first-order valence-corrected chi connectivity index (χ1v) is 12.8. The number of hydrogen-bond acceptors (Lipinski definition) is 2. The first kappa shape index (κ1) is 25.4. The molecule has 0 saturated carbocycles. The Morgan fingerprint density at radius 1 is 0.579 bits per heavy atom. The van der Waals surface area contributed by atoms with Crippen molar-refractivity contribution in [2.45, 2.75) is 11.1 Å². The molecule has 0 fully saturated rings. The van der Waals surface area contributed by atoms with E-state index < -0.39 is 11.7 Å². The van der Waals surface area contributed by atoms with Gasteiger partial charge in [0.1, 0.15) is 0 Å². The topological polar surface area (TPSA) is 26.0 Å². The lowest BCUT2D eigenvalue weighted by Crippen LogP contribution is -2.03. The van der Waals surface area contributed by atoms with Crippen molar-refractivity contribution in [1.29, 1.82) is 0 Å². The van der Waals surface area contributed by atoms with Gasteiger partial charge in [-0.05, 0) is 69.3 Å². The van der Waals surface area contributed by atoms with E-state index in [1.165, 1.54) is 12.1 Å². The van der Waals surface area contributed by atoms with E-state index in [2.05, 4.69) is 43.0 Å². The van der Waals surface area contributed by atoms with Crippen molar-refractivity contribution >= 4 is 22.4 Å². The number of nitrogens with two attached hydrogens (primary N) is 1. The highest BCUT2D eigenvalue weighted by Gasteiger charge is 2.29. The summed E-state index contributed by atoms with van der Waals surface area (Å²) in [5, 5.41) is 0. The zero-order valence-corrected chi connectivity index (χ0v) is 21.2. The van der Waals surface area contributed by atoms with Crippen LogP contribution in [0.2, 0.25) is 0 Å².